The van der Waals surface area contributed by atoms with Crippen LogP contribution < -0.4 is 10.2 Å². The highest BCUT2D eigenvalue weighted by Crippen LogP contribution is 2.47. The van der Waals surface area contributed by atoms with Gasteiger partial charge in [-0.25, -0.2) is 9.67 Å². The lowest BCUT2D eigenvalue weighted by Gasteiger charge is -2.36. The van der Waals surface area contributed by atoms with Gasteiger partial charge in [0, 0.05) is 29.7 Å². The zero-order valence-electron chi connectivity index (χ0n) is 20.6. The Hall–Kier alpha value is -3.77. The molecule has 1 saturated heterocycles. The first kappa shape index (κ1) is 23.6. The number of amides is 2. The van der Waals surface area contributed by atoms with Crippen LogP contribution >= 0.6 is 11.6 Å². The lowest BCUT2D eigenvalue weighted by molar-refractivity contribution is -0.118. The van der Waals surface area contributed by atoms with Crippen LogP contribution in [0.25, 0.3) is 0 Å². The molecule has 2 amide bonds. The largest absolute Gasteiger partial charge is 0.348 e. The van der Waals surface area contributed by atoms with Gasteiger partial charge in [-0.15, -0.1) is 5.10 Å². The van der Waals surface area contributed by atoms with E-state index in [4.69, 9.17) is 11.6 Å². The molecule has 0 bridgehead atoms. The van der Waals surface area contributed by atoms with Gasteiger partial charge in [-0.05, 0) is 85.9 Å². The second-order valence-electron chi connectivity index (χ2n) is 10.4. The summed E-state index contributed by atoms with van der Waals surface area (Å²) in [6.45, 7) is 4.73. The van der Waals surface area contributed by atoms with Crippen molar-refractivity contribution in [3.8, 4) is 6.07 Å². The Balaban J connectivity index is 1.08. The van der Waals surface area contributed by atoms with E-state index in [1.165, 1.54) is 0 Å². The first-order valence-corrected chi connectivity index (χ1v) is 12.9. The third kappa shape index (κ3) is 4.25. The number of aromatic nitrogens is 4. The second kappa shape index (κ2) is 8.96. The molecule has 2 aromatic heterocycles. The van der Waals surface area contributed by atoms with Crippen LogP contribution in [-0.2, 0) is 4.79 Å². The van der Waals surface area contributed by atoms with E-state index in [0.717, 1.165) is 42.5 Å². The summed E-state index contributed by atoms with van der Waals surface area (Å²) >= 11 is 6.12. The normalized spacial score (nSPS) is 24.7. The van der Waals surface area contributed by atoms with Gasteiger partial charge in [0.25, 0.3) is 5.91 Å². The van der Waals surface area contributed by atoms with Gasteiger partial charge in [-0.2, -0.15) is 5.26 Å². The summed E-state index contributed by atoms with van der Waals surface area (Å²) in [6.07, 6.45) is 5.92. The standard InChI is InChI=1S/C27H26ClN7O2/c1-14-5-25(34-12-18-8-22(18)27(34)37)30-11-23(14)15(2)35-13-24(32-33-35)26(36)31-20-6-17(7-20)21-9-19(28)4-3-16(21)10-29/h3-5,9,11,13,15,17-18,20,22H,6-8,12H2,1-2H3,(H,31,36)/t15?,17?,18-,20?,22-/m1/s1. The quantitative estimate of drug-likeness (QED) is 0.534. The van der Waals surface area contributed by atoms with E-state index >= 15 is 0 Å². The summed E-state index contributed by atoms with van der Waals surface area (Å²) < 4.78 is 1.66. The van der Waals surface area contributed by atoms with E-state index in [1.807, 2.05) is 26.0 Å². The molecule has 6 rings (SSSR count). The molecule has 188 valence electrons. The molecular formula is C27H26ClN7O2. The topological polar surface area (TPSA) is 117 Å². The highest BCUT2D eigenvalue weighted by Gasteiger charge is 2.52. The van der Waals surface area contributed by atoms with E-state index in [1.54, 1.807) is 34.1 Å². The number of hydrogen-bond donors (Lipinski definition) is 1. The van der Waals surface area contributed by atoms with Gasteiger partial charge in [0.2, 0.25) is 5.91 Å². The molecule has 37 heavy (non-hydrogen) atoms. The molecule has 3 atom stereocenters. The first-order valence-electron chi connectivity index (χ1n) is 12.5. The number of nitrogens with one attached hydrogen (secondary N) is 1. The zero-order chi connectivity index (χ0) is 25.8. The Kier molecular flexibility index (Phi) is 5.72. The Morgan fingerprint density at radius 3 is 2.78 bits per heavy atom. The maximum atomic E-state index is 12.8. The van der Waals surface area contributed by atoms with Gasteiger partial charge in [-0.1, -0.05) is 16.8 Å². The van der Waals surface area contributed by atoms with Gasteiger partial charge in [-0.3, -0.25) is 14.5 Å². The maximum absolute atomic E-state index is 12.8. The molecule has 9 nitrogen and oxygen atoms in total. The third-order valence-corrected chi connectivity index (χ3v) is 8.21. The minimum Gasteiger partial charge on any atom is -0.348 e. The molecule has 2 aliphatic carbocycles. The van der Waals surface area contributed by atoms with Crippen molar-refractivity contribution in [1.29, 1.82) is 5.26 Å². The summed E-state index contributed by atoms with van der Waals surface area (Å²) in [5.41, 5.74) is 3.76. The predicted octanol–water partition coefficient (Wildman–Crippen LogP) is 3.77. The van der Waals surface area contributed by atoms with E-state index in [9.17, 15) is 14.9 Å². The molecule has 1 aliphatic heterocycles. The fraction of sp³-hybridized carbons (Fsp3) is 0.407. The molecule has 3 heterocycles. The fourth-order valence-corrected chi connectivity index (χ4v) is 5.73. The van der Waals surface area contributed by atoms with Gasteiger partial charge in [0.05, 0.1) is 23.9 Å². The molecule has 1 aromatic carbocycles. The number of rotatable bonds is 6. The summed E-state index contributed by atoms with van der Waals surface area (Å²) in [4.78, 5) is 31.6. The van der Waals surface area contributed by atoms with Crippen LogP contribution in [0.2, 0.25) is 5.02 Å². The van der Waals surface area contributed by atoms with Crippen LogP contribution in [0, 0.1) is 30.1 Å². The molecule has 3 aromatic rings. The summed E-state index contributed by atoms with van der Waals surface area (Å²) in [7, 11) is 0. The molecule has 2 saturated carbocycles. The Morgan fingerprint density at radius 2 is 2.08 bits per heavy atom. The minimum atomic E-state index is -0.273. The molecule has 0 spiro atoms. The van der Waals surface area contributed by atoms with Crippen molar-refractivity contribution in [1.82, 2.24) is 25.3 Å². The average molecular weight is 516 g/mol. The summed E-state index contributed by atoms with van der Waals surface area (Å²) in [5, 5.41) is 21.3. The Labute approximate surface area is 219 Å². The predicted molar refractivity (Wildman–Crippen MR) is 136 cm³/mol. The monoisotopic (exact) mass is 515 g/mol. The molecule has 1 N–H and O–H groups in total. The number of piperidine rings is 1. The van der Waals surface area contributed by atoms with Crippen LogP contribution in [0.4, 0.5) is 5.82 Å². The number of nitriles is 1. The van der Waals surface area contributed by atoms with Crippen LogP contribution in [0.3, 0.4) is 0 Å². The van der Waals surface area contributed by atoms with E-state index < -0.39 is 0 Å². The number of anilines is 1. The molecule has 1 unspecified atom stereocenters. The number of fused-ring (bicyclic) bond motifs is 1. The number of halogens is 1. The Bertz CT molecular complexity index is 1460. The van der Waals surface area contributed by atoms with E-state index in [2.05, 4.69) is 26.7 Å². The van der Waals surface area contributed by atoms with Crippen molar-refractivity contribution in [3.05, 3.63) is 69.6 Å². The molecule has 3 fully saturated rings. The highest BCUT2D eigenvalue weighted by atomic mass is 35.5. The van der Waals surface area contributed by atoms with Crippen molar-refractivity contribution >= 4 is 29.2 Å². The lowest BCUT2D eigenvalue weighted by Crippen LogP contribution is -2.43. The van der Waals surface area contributed by atoms with Crippen LogP contribution in [0.1, 0.15) is 70.9 Å². The number of hydrogen-bond acceptors (Lipinski definition) is 6. The van der Waals surface area contributed by atoms with Crippen LogP contribution in [0.15, 0.2) is 36.7 Å². The van der Waals surface area contributed by atoms with Crippen LogP contribution in [-0.4, -0.2) is 44.4 Å². The van der Waals surface area contributed by atoms with Crippen molar-refractivity contribution in [2.45, 2.75) is 51.1 Å². The number of benzene rings is 1. The molecule has 10 heteroatoms. The van der Waals surface area contributed by atoms with Gasteiger partial charge < -0.3 is 5.32 Å². The fourth-order valence-electron chi connectivity index (χ4n) is 5.55. The number of pyridine rings is 1. The lowest BCUT2D eigenvalue weighted by atomic mass is 9.74. The molecule has 3 aliphatic rings. The van der Waals surface area contributed by atoms with E-state index in [0.29, 0.717) is 22.3 Å². The SMILES string of the molecule is Cc1cc(N2C[C@H]3C[C@H]3C2=O)ncc1C(C)n1cc(C(=O)NC2CC(c3cc(Cl)ccc3C#N)C2)nn1. The third-order valence-electron chi connectivity index (χ3n) is 7.97. The first-order chi connectivity index (χ1) is 17.8. The van der Waals surface area contributed by atoms with Crippen LogP contribution in [0.5, 0.6) is 0 Å². The van der Waals surface area contributed by atoms with Crippen molar-refractivity contribution in [2.75, 3.05) is 11.4 Å². The minimum absolute atomic E-state index is 0.00363. The summed E-state index contributed by atoms with van der Waals surface area (Å²) in [6, 6.07) is 9.28. The average Bonchev–Trinajstić information content (AvgIpc) is 3.31. The van der Waals surface area contributed by atoms with Crippen molar-refractivity contribution in [2.24, 2.45) is 11.8 Å². The summed E-state index contributed by atoms with van der Waals surface area (Å²) in [5.74, 6) is 1.48. The maximum Gasteiger partial charge on any atom is 0.273 e. The van der Waals surface area contributed by atoms with Gasteiger partial charge >= 0.3 is 0 Å². The smallest absolute Gasteiger partial charge is 0.273 e. The zero-order valence-corrected chi connectivity index (χ0v) is 21.3. The number of nitrogens with zero attached hydrogens (tertiary/aromatic N) is 6. The van der Waals surface area contributed by atoms with Gasteiger partial charge in [0.1, 0.15) is 5.82 Å². The van der Waals surface area contributed by atoms with E-state index in [-0.39, 0.29) is 41.4 Å². The van der Waals surface area contributed by atoms with Crippen molar-refractivity contribution in [3.63, 3.8) is 0 Å². The number of carbonyl (C=O) groups is 2. The second-order valence-corrected chi connectivity index (χ2v) is 10.8. The number of aryl methyl sites for hydroxylation is 1. The van der Waals surface area contributed by atoms with Gasteiger partial charge in [0.15, 0.2) is 5.69 Å². The Morgan fingerprint density at radius 1 is 1.27 bits per heavy atom. The van der Waals surface area contributed by atoms with Crippen molar-refractivity contribution < 1.29 is 9.59 Å². The highest BCUT2D eigenvalue weighted by molar-refractivity contribution is 6.30. The molecular weight excluding hydrogens is 490 g/mol. The number of carbonyl (C=O) groups excluding carboxylic acids is 2. The molecule has 0 radical (unpaired) electrons.